The lowest BCUT2D eigenvalue weighted by atomic mass is 9.82. The molecule has 0 amide bonds. The smallest absolute Gasteiger partial charge is 0.159 e. The first-order valence-corrected chi connectivity index (χ1v) is 33.4. The molecular formula is C90H64N2OS. The van der Waals surface area contributed by atoms with Crippen LogP contribution < -0.4 is 9.80 Å². The molecule has 14 aromatic carbocycles. The zero-order valence-corrected chi connectivity index (χ0v) is 53.5. The summed E-state index contributed by atoms with van der Waals surface area (Å²) in [7, 11) is 0. The standard InChI is InChI=1S/C90H64N2OS/c1-89(2)76-34-14-11-29-72(76)84-78(89)36-20-38-80(84)91(65-48-42-59(43-49-65)57-22-7-5-8-23-57)66-52-46-61(47-53-66)74-55-64(56-75-69-28-13-16-41-83(69)94-88(74)75)62-26-17-27-63(54-62)68-31-18-32-70-71-33-19-40-82(87(71)93-86(68)70)92(67-50-44-60(45-51-67)58-24-9-6-10-25-58)81-39-21-37-79-85(81)73-30-12-15-35-77(73)90(79,3)4/h5-56H,1-4H3. The largest absolute Gasteiger partial charge is 0.453 e. The summed E-state index contributed by atoms with van der Waals surface area (Å²) in [5.41, 5.74) is 29.9. The van der Waals surface area contributed by atoms with Crippen LogP contribution in [0.2, 0.25) is 0 Å². The molecule has 0 saturated carbocycles. The molecule has 0 spiro atoms. The van der Waals surface area contributed by atoms with E-state index < -0.39 is 0 Å². The minimum atomic E-state index is -0.175. The molecule has 0 atom stereocenters. The van der Waals surface area contributed by atoms with Crippen LogP contribution in [0.1, 0.15) is 49.9 Å². The molecule has 0 N–H and O–H groups in total. The van der Waals surface area contributed by atoms with Gasteiger partial charge in [0.1, 0.15) is 5.58 Å². The average Bonchev–Trinajstić information content (AvgIpc) is 1.57. The zero-order chi connectivity index (χ0) is 62.8. The fourth-order valence-corrected chi connectivity index (χ4v) is 16.8. The van der Waals surface area contributed by atoms with Gasteiger partial charge in [-0.1, -0.05) is 264 Å². The average molecular weight is 1220 g/mol. The van der Waals surface area contributed by atoms with E-state index in [0.29, 0.717) is 0 Å². The van der Waals surface area contributed by atoms with E-state index in [1.807, 2.05) is 11.3 Å². The van der Waals surface area contributed by atoms with E-state index >= 15 is 0 Å². The van der Waals surface area contributed by atoms with Gasteiger partial charge in [0.2, 0.25) is 0 Å². The van der Waals surface area contributed by atoms with E-state index in [2.05, 4.69) is 353 Å². The van der Waals surface area contributed by atoms with Crippen molar-refractivity contribution in [2.75, 3.05) is 9.80 Å². The van der Waals surface area contributed by atoms with Crippen LogP contribution in [0.4, 0.5) is 34.1 Å². The van der Waals surface area contributed by atoms with E-state index in [1.165, 1.54) is 104 Å². The number of para-hydroxylation sites is 2. The Bertz CT molecular complexity index is 5660. The maximum atomic E-state index is 7.44. The Morgan fingerprint density at radius 3 is 1.31 bits per heavy atom. The highest BCUT2D eigenvalue weighted by molar-refractivity contribution is 7.26. The van der Waals surface area contributed by atoms with E-state index in [0.717, 1.165) is 72.6 Å². The molecule has 2 aromatic heterocycles. The fourth-order valence-electron chi connectivity index (χ4n) is 15.6. The molecule has 0 radical (unpaired) electrons. The monoisotopic (exact) mass is 1220 g/mol. The van der Waals surface area contributed by atoms with Gasteiger partial charge in [-0.2, -0.15) is 0 Å². The van der Waals surface area contributed by atoms with E-state index in [-0.39, 0.29) is 10.8 Å². The Morgan fingerprint density at radius 1 is 0.266 bits per heavy atom. The SMILES string of the molecule is CC1(C)c2ccccc2-c2c(N(c3ccc(-c4ccccc4)cc3)c3ccc(-c4cc(-c5cccc(-c6cccc7c6oc6c(N(c8ccc(-c9ccccc9)cc8)c8cccc9c8-c8ccccc8C9(C)C)cccc67)c5)cc5c4sc4ccccc45)cc3)cccc21. The van der Waals surface area contributed by atoms with Gasteiger partial charge in [0.05, 0.1) is 17.1 Å². The number of thiophene rings is 1. The number of nitrogens with zero attached hydrogens (tertiary/aromatic N) is 2. The van der Waals surface area contributed by atoms with Gasteiger partial charge in [-0.25, -0.2) is 0 Å². The second kappa shape index (κ2) is 21.7. The third-order valence-electron chi connectivity index (χ3n) is 20.3. The van der Waals surface area contributed by atoms with Crippen LogP contribution in [-0.2, 0) is 10.8 Å². The molecule has 3 nitrogen and oxygen atoms in total. The molecule has 0 fully saturated rings. The zero-order valence-electron chi connectivity index (χ0n) is 52.7. The van der Waals surface area contributed by atoms with Gasteiger partial charge < -0.3 is 14.2 Å². The van der Waals surface area contributed by atoms with Crippen molar-refractivity contribution in [1.82, 2.24) is 0 Å². The van der Waals surface area contributed by atoms with Crippen molar-refractivity contribution in [2.45, 2.75) is 38.5 Å². The Kier molecular flexibility index (Phi) is 12.8. The number of anilines is 6. The summed E-state index contributed by atoms with van der Waals surface area (Å²) in [6.07, 6.45) is 0. The van der Waals surface area contributed by atoms with Crippen molar-refractivity contribution in [1.29, 1.82) is 0 Å². The Morgan fingerprint density at radius 2 is 0.691 bits per heavy atom. The first-order chi connectivity index (χ1) is 46.1. The van der Waals surface area contributed by atoms with E-state index in [9.17, 15) is 0 Å². The Labute approximate surface area is 552 Å². The molecule has 0 aliphatic heterocycles. The normalized spacial score (nSPS) is 13.3. The predicted octanol–water partition coefficient (Wildman–Crippen LogP) is 25.8. The minimum Gasteiger partial charge on any atom is -0.453 e. The van der Waals surface area contributed by atoms with Gasteiger partial charge >= 0.3 is 0 Å². The van der Waals surface area contributed by atoms with Crippen LogP contribution in [0.15, 0.2) is 320 Å². The molecule has 16 aromatic rings. The van der Waals surface area contributed by atoms with Crippen molar-refractivity contribution in [2.24, 2.45) is 0 Å². The second-order valence-corrected chi connectivity index (χ2v) is 27.4. The lowest BCUT2D eigenvalue weighted by Gasteiger charge is -2.29. The number of fused-ring (bicyclic) bond motifs is 12. The molecule has 2 aliphatic carbocycles. The number of furan rings is 1. The highest BCUT2D eigenvalue weighted by Gasteiger charge is 2.40. The molecule has 446 valence electrons. The number of hydrogen-bond donors (Lipinski definition) is 0. The number of rotatable bonds is 11. The van der Waals surface area contributed by atoms with Crippen molar-refractivity contribution >= 4 is 87.6 Å². The molecular weight excluding hydrogens is 1160 g/mol. The summed E-state index contributed by atoms with van der Waals surface area (Å²) in [5.74, 6) is 0. The Balaban J connectivity index is 0.756. The van der Waals surface area contributed by atoms with Crippen LogP contribution in [0.25, 0.3) is 120 Å². The summed E-state index contributed by atoms with van der Waals surface area (Å²) in [6.45, 7) is 9.44. The topological polar surface area (TPSA) is 19.6 Å². The third kappa shape index (κ3) is 8.77. The van der Waals surface area contributed by atoms with Gasteiger partial charge in [0.25, 0.3) is 0 Å². The van der Waals surface area contributed by atoms with E-state index in [4.69, 9.17) is 4.42 Å². The van der Waals surface area contributed by atoms with Gasteiger partial charge in [0, 0.05) is 81.1 Å². The quantitative estimate of drug-likeness (QED) is 0.129. The van der Waals surface area contributed by atoms with Crippen LogP contribution >= 0.6 is 11.3 Å². The predicted molar refractivity (Wildman–Crippen MR) is 398 cm³/mol. The molecule has 0 bridgehead atoms. The van der Waals surface area contributed by atoms with Crippen LogP contribution in [0.3, 0.4) is 0 Å². The lowest BCUT2D eigenvalue weighted by Crippen LogP contribution is -2.16. The molecule has 0 unspecified atom stereocenters. The summed E-state index contributed by atoms with van der Waals surface area (Å²) in [6, 6.07) is 116. The van der Waals surface area contributed by atoms with Crippen molar-refractivity contribution in [3.05, 3.63) is 338 Å². The maximum absolute atomic E-state index is 7.44. The number of benzene rings is 14. The Hall–Kier alpha value is -11.3. The minimum absolute atomic E-state index is 0.143. The summed E-state index contributed by atoms with van der Waals surface area (Å²) in [4.78, 5) is 4.90. The van der Waals surface area contributed by atoms with Crippen LogP contribution in [0, 0.1) is 0 Å². The molecule has 94 heavy (non-hydrogen) atoms. The van der Waals surface area contributed by atoms with Crippen LogP contribution in [-0.4, -0.2) is 0 Å². The van der Waals surface area contributed by atoms with Crippen LogP contribution in [0.5, 0.6) is 0 Å². The first kappa shape index (κ1) is 55.5. The maximum Gasteiger partial charge on any atom is 0.159 e. The molecule has 4 heteroatoms. The molecule has 2 heterocycles. The summed E-state index contributed by atoms with van der Waals surface area (Å²) in [5, 5.41) is 4.67. The van der Waals surface area contributed by atoms with Crippen molar-refractivity contribution in [3.63, 3.8) is 0 Å². The third-order valence-corrected chi connectivity index (χ3v) is 21.5. The van der Waals surface area contributed by atoms with Crippen molar-refractivity contribution < 1.29 is 4.42 Å². The lowest BCUT2D eigenvalue weighted by molar-refractivity contribution is 0.660. The summed E-state index contributed by atoms with van der Waals surface area (Å²) < 4.78 is 9.99. The van der Waals surface area contributed by atoms with E-state index in [1.54, 1.807) is 0 Å². The fraction of sp³-hybridized carbons (Fsp3) is 0.0667. The molecule has 2 aliphatic rings. The molecule has 18 rings (SSSR count). The van der Waals surface area contributed by atoms with Gasteiger partial charge in [-0.05, 0) is 157 Å². The summed E-state index contributed by atoms with van der Waals surface area (Å²) >= 11 is 1.88. The second-order valence-electron chi connectivity index (χ2n) is 26.3. The molecule has 0 saturated heterocycles. The van der Waals surface area contributed by atoms with Gasteiger partial charge in [-0.15, -0.1) is 11.3 Å². The van der Waals surface area contributed by atoms with Gasteiger partial charge in [0.15, 0.2) is 5.58 Å². The van der Waals surface area contributed by atoms with Gasteiger partial charge in [-0.3, -0.25) is 0 Å². The van der Waals surface area contributed by atoms with Crippen molar-refractivity contribution in [3.8, 4) is 77.9 Å². The number of hydrogen-bond acceptors (Lipinski definition) is 4. The first-order valence-electron chi connectivity index (χ1n) is 32.6. The highest BCUT2D eigenvalue weighted by atomic mass is 32.1. The highest BCUT2D eigenvalue weighted by Crippen LogP contribution is 2.57.